The van der Waals surface area contributed by atoms with E-state index in [-0.39, 0.29) is 12.1 Å². The second-order valence-corrected chi connectivity index (χ2v) is 10.6. The first-order valence-electron chi connectivity index (χ1n) is 14.0. The fraction of sp³-hybridized carbons (Fsp3) is 0.273. The second kappa shape index (κ2) is 11.5. The monoisotopic (exact) mass is 536 g/mol. The lowest BCUT2D eigenvalue weighted by Gasteiger charge is -2.31. The van der Waals surface area contributed by atoms with Gasteiger partial charge in [0.15, 0.2) is 12.1 Å². The van der Waals surface area contributed by atoms with Crippen LogP contribution in [0.25, 0.3) is 28.1 Å². The van der Waals surface area contributed by atoms with E-state index in [0.717, 1.165) is 59.9 Å². The highest BCUT2D eigenvalue weighted by atomic mass is 19.1. The largest absolute Gasteiger partial charge is 0.409 e. The van der Waals surface area contributed by atoms with Gasteiger partial charge in [-0.25, -0.2) is 4.68 Å². The predicted molar refractivity (Wildman–Crippen MR) is 157 cm³/mol. The summed E-state index contributed by atoms with van der Waals surface area (Å²) >= 11 is 0. The van der Waals surface area contributed by atoms with Crippen LogP contribution in [0.4, 0.5) is 4.39 Å². The van der Waals surface area contributed by atoms with Crippen molar-refractivity contribution < 1.29 is 14.3 Å². The Hall–Kier alpha value is -4.23. The van der Waals surface area contributed by atoms with Crippen molar-refractivity contribution in [2.24, 2.45) is 16.8 Å². The molecule has 3 N–H and O–H groups in total. The van der Waals surface area contributed by atoms with Crippen molar-refractivity contribution in [3.05, 3.63) is 107 Å². The van der Waals surface area contributed by atoms with E-state index >= 15 is 4.39 Å². The zero-order valence-electron chi connectivity index (χ0n) is 22.3. The maximum Gasteiger partial charge on any atom is 0.240 e. The van der Waals surface area contributed by atoms with Crippen LogP contribution in [0.5, 0.6) is 0 Å². The Kier molecular flexibility index (Phi) is 7.47. The summed E-state index contributed by atoms with van der Waals surface area (Å²) in [5.74, 6) is -0.00847. The molecule has 2 heterocycles. The maximum atomic E-state index is 15.4. The van der Waals surface area contributed by atoms with Gasteiger partial charge in [-0.2, -0.15) is 4.39 Å². The molecule has 40 heavy (non-hydrogen) atoms. The average Bonchev–Trinajstić information content (AvgIpc) is 3.31. The van der Waals surface area contributed by atoms with E-state index in [1.54, 1.807) is 16.8 Å². The summed E-state index contributed by atoms with van der Waals surface area (Å²) in [6.45, 7) is 0.672. The first-order chi connectivity index (χ1) is 19.6. The summed E-state index contributed by atoms with van der Waals surface area (Å²) in [5, 5.41) is 16.6. The zero-order chi connectivity index (χ0) is 27.5. The highest BCUT2D eigenvalue weighted by Gasteiger charge is 2.28. The number of hydrogen-bond donors (Lipinski definition) is 2. The Morgan fingerprint density at radius 2 is 1.73 bits per heavy atom. The van der Waals surface area contributed by atoms with Crippen LogP contribution in [-0.4, -0.2) is 27.4 Å². The van der Waals surface area contributed by atoms with Crippen LogP contribution in [0.3, 0.4) is 0 Å². The van der Waals surface area contributed by atoms with Crippen LogP contribution in [-0.2, 0) is 4.74 Å². The van der Waals surface area contributed by atoms with Crippen LogP contribution in [0.1, 0.15) is 67.0 Å². The molecule has 1 aromatic heterocycles. The van der Waals surface area contributed by atoms with Gasteiger partial charge < -0.3 is 15.7 Å². The molecule has 0 radical (unpaired) electrons. The summed E-state index contributed by atoms with van der Waals surface area (Å²) in [6, 6.07) is 24.7. The van der Waals surface area contributed by atoms with E-state index in [2.05, 4.69) is 52.7 Å². The smallest absolute Gasteiger partial charge is 0.240 e. The highest BCUT2D eigenvalue weighted by molar-refractivity contribution is 6.01. The van der Waals surface area contributed by atoms with E-state index in [4.69, 9.17) is 15.7 Å². The molecule has 1 unspecified atom stereocenters. The van der Waals surface area contributed by atoms with Crippen molar-refractivity contribution in [2.75, 3.05) is 6.61 Å². The van der Waals surface area contributed by atoms with Gasteiger partial charge in [-0.3, -0.25) is 0 Å². The lowest BCUT2D eigenvalue weighted by atomic mass is 9.73. The van der Waals surface area contributed by atoms with Crippen LogP contribution in [0.15, 0.2) is 84.0 Å². The van der Waals surface area contributed by atoms with Gasteiger partial charge in [0.2, 0.25) is 5.95 Å². The molecule has 3 aromatic carbocycles. The number of halogens is 1. The van der Waals surface area contributed by atoms with Crippen LogP contribution >= 0.6 is 0 Å². The van der Waals surface area contributed by atoms with Gasteiger partial charge in [-0.05, 0) is 89.6 Å². The second-order valence-electron chi connectivity index (χ2n) is 10.6. The molecule has 0 spiro atoms. The van der Waals surface area contributed by atoms with Crippen LogP contribution < -0.4 is 5.73 Å². The number of hydrogen-bond acceptors (Lipinski definition) is 4. The number of oxime groups is 1. The number of benzene rings is 3. The van der Waals surface area contributed by atoms with Crippen molar-refractivity contribution in [2.45, 2.75) is 44.8 Å². The number of amidine groups is 1. The molecule has 7 heteroatoms. The Morgan fingerprint density at radius 3 is 2.40 bits per heavy atom. The highest BCUT2D eigenvalue weighted by Crippen LogP contribution is 2.45. The summed E-state index contributed by atoms with van der Waals surface area (Å²) in [7, 11) is 0. The third-order valence-corrected chi connectivity index (χ3v) is 8.01. The van der Waals surface area contributed by atoms with E-state index in [1.165, 1.54) is 17.6 Å². The van der Waals surface area contributed by atoms with Crippen molar-refractivity contribution in [1.82, 2.24) is 9.78 Å². The summed E-state index contributed by atoms with van der Waals surface area (Å²) in [5.41, 5.74) is 12.9. The van der Waals surface area contributed by atoms with Gasteiger partial charge in [0.05, 0.1) is 10.9 Å². The predicted octanol–water partition coefficient (Wildman–Crippen LogP) is 7.39. The molecular formula is C33H33FN4O2. The molecule has 1 aliphatic carbocycles. The lowest BCUT2D eigenvalue weighted by molar-refractivity contribution is -0.0375. The van der Waals surface area contributed by atoms with Gasteiger partial charge in [0, 0.05) is 6.61 Å². The van der Waals surface area contributed by atoms with Gasteiger partial charge in [-0.1, -0.05) is 78.3 Å². The Labute approximate surface area is 233 Å². The summed E-state index contributed by atoms with van der Waals surface area (Å²) in [6.07, 6.45) is 9.48. The molecule has 204 valence electrons. The molecule has 0 bridgehead atoms. The standard InChI is InChI=1S/C33H33FN4O2/c34-33-27-21-26(17-18-28(27)38(36-33)30-11-4-5-20-40-30)32(25-15-12-22(13-16-25)14-19-29(35)37-39)31(24-9-6-10-24)23-7-2-1-3-8-23/h1-3,7-8,12-19,21,24,30,39H,4-6,9-11,20H2,(H2,35,37). The van der Waals surface area contributed by atoms with E-state index in [1.807, 2.05) is 30.3 Å². The molecule has 1 aliphatic heterocycles. The molecular weight excluding hydrogens is 503 g/mol. The molecule has 2 fully saturated rings. The number of fused-ring (bicyclic) bond motifs is 1. The number of nitrogens with zero attached hydrogens (tertiary/aromatic N) is 3. The SMILES string of the molecule is NC(C=Cc1ccc(C(=C(c2ccccc2)C2CCC2)c2ccc3c(c2)c(F)nn3C2CCCCO2)cc1)=NO. The molecule has 2 aliphatic rings. The van der Waals surface area contributed by atoms with Gasteiger partial charge >= 0.3 is 0 Å². The summed E-state index contributed by atoms with van der Waals surface area (Å²) in [4.78, 5) is 0. The van der Waals surface area contributed by atoms with Crippen molar-refractivity contribution in [3.8, 4) is 0 Å². The number of nitrogens with two attached hydrogens (primary N) is 1. The molecule has 0 amide bonds. The average molecular weight is 537 g/mol. The van der Waals surface area contributed by atoms with Crippen molar-refractivity contribution in [1.29, 1.82) is 0 Å². The maximum absolute atomic E-state index is 15.4. The normalized spacial score (nSPS) is 19.1. The van der Waals surface area contributed by atoms with Crippen molar-refractivity contribution >= 4 is 34.0 Å². The first-order valence-corrected chi connectivity index (χ1v) is 14.0. The molecule has 6 rings (SSSR count). The minimum atomic E-state index is -0.473. The lowest BCUT2D eigenvalue weighted by Crippen LogP contribution is -2.19. The van der Waals surface area contributed by atoms with Crippen LogP contribution in [0, 0.1) is 11.9 Å². The quantitative estimate of drug-likeness (QED) is 0.0848. The molecule has 6 nitrogen and oxygen atoms in total. The van der Waals surface area contributed by atoms with Crippen LogP contribution in [0.2, 0.25) is 0 Å². The topological polar surface area (TPSA) is 85.7 Å². The fourth-order valence-electron chi connectivity index (χ4n) is 5.75. The number of allylic oxidation sites excluding steroid dienone is 1. The van der Waals surface area contributed by atoms with E-state index in [0.29, 0.717) is 17.9 Å². The van der Waals surface area contributed by atoms with Crippen molar-refractivity contribution in [3.63, 3.8) is 0 Å². The minimum absolute atomic E-state index is 0.0375. The van der Waals surface area contributed by atoms with Gasteiger partial charge in [-0.15, -0.1) is 5.10 Å². The molecule has 1 saturated heterocycles. The minimum Gasteiger partial charge on any atom is -0.409 e. The number of ether oxygens (including phenoxy) is 1. The Balaban J connectivity index is 1.51. The molecule has 1 atom stereocenters. The number of rotatable bonds is 7. The summed E-state index contributed by atoms with van der Waals surface area (Å²) < 4.78 is 23.0. The van der Waals surface area contributed by atoms with E-state index in [9.17, 15) is 0 Å². The third-order valence-electron chi connectivity index (χ3n) is 8.01. The molecule has 4 aromatic rings. The van der Waals surface area contributed by atoms with Gasteiger partial charge in [0.1, 0.15) is 0 Å². The molecule has 1 saturated carbocycles. The van der Waals surface area contributed by atoms with Gasteiger partial charge in [0.25, 0.3) is 0 Å². The number of aromatic nitrogens is 2. The Morgan fingerprint density at radius 1 is 0.950 bits per heavy atom. The fourth-order valence-corrected chi connectivity index (χ4v) is 5.75. The first kappa shape index (κ1) is 26.0. The zero-order valence-corrected chi connectivity index (χ0v) is 22.3. The van der Waals surface area contributed by atoms with E-state index < -0.39 is 5.95 Å². The Bertz CT molecular complexity index is 1580. The third kappa shape index (κ3) is 5.17.